The van der Waals surface area contributed by atoms with Gasteiger partial charge in [0.05, 0.1) is 0 Å². The summed E-state index contributed by atoms with van der Waals surface area (Å²) in [4.78, 5) is 0. The molecule has 0 bridgehead atoms. The fraction of sp³-hybridized carbons (Fsp3) is 0.250. The summed E-state index contributed by atoms with van der Waals surface area (Å²) in [5.74, 6) is 0.342. The van der Waals surface area contributed by atoms with Crippen LogP contribution < -0.4 is 5.48 Å². The van der Waals surface area contributed by atoms with Crippen LogP contribution in [0.25, 0.3) is 0 Å². The van der Waals surface area contributed by atoms with Crippen LogP contribution in [0.3, 0.4) is 0 Å². The highest BCUT2D eigenvalue weighted by atomic mass is 16.5. The fourth-order valence-electron chi connectivity index (χ4n) is 2.90. The maximum absolute atomic E-state index is 9.03. The minimum atomic E-state index is 0.342. The number of rotatable bonds is 2. The molecule has 0 aliphatic heterocycles. The van der Waals surface area contributed by atoms with Crippen LogP contribution in [-0.2, 0) is 12.8 Å². The van der Waals surface area contributed by atoms with Crippen LogP contribution in [0.2, 0.25) is 0 Å². The van der Waals surface area contributed by atoms with Gasteiger partial charge in [-0.3, -0.25) is 0 Å². The Morgan fingerprint density at radius 2 is 1.61 bits per heavy atom. The molecule has 2 N–H and O–H groups in total. The monoisotopic (exact) mass is 239 g/mol. The van der Waals surface area contributed by atoms with E-state index >= 15 is 0 Å². The van der Waals surface area contributed by atoms with Gasteiger partial charge < -0.3 is 5.21 Å². The third-order valence-electron chi connectivity index (χ3n) is 3.80. The van der Waals surface area contributed by atoms with Crippen molar-refractivity contribution in [3.8, 4) is 0 Å². The molecule has 2 heteroatoms. The highest BCUT2D eigenvalue weighted by Gasteiger charge is 2.20. The van der Waals surface area contributed by atoms with E-state index in [1.807, 2.05) is 0 Å². The maximum atomic E-state index is 9.03. The second kappa shape index (κ2) is 4.92. The molecule has 0 radical (unpaired) electrons. The number of fused-ring (bicyclic) bond motifs is 2. The first-order chi connectivity index (χ1) is 8.88. The smallest absolute Gasteiger partial charge is 0.0279 e. The van der Waals surface area contributed by atoms with Gasteiger partial charge in [-0.25, -0.2) is 5.48 Å². The summed E-state index contributed by atoms with van der Waals surface area (Å²) >= 11 is 0. The van der Waals surface area contributed by atoms with Gasteiger partial charge in [-0.05, 0) is 35.1 Å². The Morgan fingerprint density at radius 3 is 2.39 bits per heavy atom. The van der Waals surface area contributed by atoms with E-state index in [2.05, 4.69) is 54.0 Å². The minimum absolute atomic E-state index is 0.342. The average molecular weight is 239 g/mol. The van der Waals surface area contributed by atoms with Crippen LogP contribution >= 0.6 is 0 Å². The van der Waals surface area contributed by atoms with Gasteiger partial charge in [0.15, 0.2) is 0 Å². The molecule has 0 saturated heterocycles. The minimum Gasteiger partial charge on any atom is -0.317 e. The third-order valence-corrected chi connectivity index (χ3v) is 3.80. The molecule has 0 fully saturated rings. The van der Waals surface area contributed by atoms with E-state index in [0.29, 0.717) is 12.5 Å². The molecule has 0 amide bonds. The standard InChI is InChI=1S/C16H17NO/c18-17-11-15-10-13-6-2-1-5-12(13)9-14-7-3-4-8-16(14)15/h1-8,15,17-18H,9-11H2. The molecule has 2 nitrogen and oxygen atoms in total. The molecular formula is C16H17NO. The Bertz CT molecular complexity index is 550. The highest BCUT2D eigenvalue weighted by Crippen LogP contribution is 2.31. The number of nitrogens with one attached hydrogen (secondary N) is 1. The Kier molecular flexibility index (Phi) is 3.13. The lowest BCUT2D eigenvalue weighted by Gasteiger charge is -2.16. The molecule has 92 valence electrons. The van der Waals surface area contributed by atoms with Crippen LogP contribution in [0.4, 0.5) is 0 Å². The van der Waals surface area contributed by atoms with Gasteiger partial charge in [0, 0.05) is 12.5 Å². The molecule has 1 aliphatic carbocycles. The summed E-state index contributed by atoms with van der Waals surface area (Å²) in [6.45, 7) is 0.603. The van der Waals surface area contributed by atoms with Crippen molar-refractivity contribution in [3.63, 3.8) is 0 Å². The molecule has 18 heavy (non-hydrogen) atoms. The summed E-state index contributed by atoms with van der Waals surface area (Å²) in [5, 5.41) is 9.03. The van der Waals surface area contributed by atoms with E-state index < -0.39 is 0 Å². The van der Waals surface area contributed by atoms with Crippen molar-refractivity contribution in [2.75, 3.05) is 6.54 Å². The lowest BCUT2D eigenvalue weighted by molar-refractivity contribution is 0.159. The Morgan fingerprint density at radius 1 is 0.944 bits per heavy atom. The first-order valence-corrected chi connectivity index (χ1v) is 6.40. The van der Waals surface area contributed by atoms with E-state index in [1.54, 1.807) is 0 Å². The van der Waals surface area contributed by atoms with Crippen LogP contribution in [-0.4, -0.2) is 11.8 Å². The quantitative estimate of drug-likeness (QED) is 0.790. The van der Waals surface area contributed by atoms with Crippen molar-refractivity contribution in [1.29, 1.82) is 0 Å². The Hall–Kier alpha value is -1.64. The van der Waals surface area contributed by atoms with Gasteiger partial charge >= 0.3 is 0 Å². The number of hydrogen-bond acceptors (Lipinski definition) is 2. The first kappa shape index (κ1) is 11.5. The van der Waals surface area contributed by atoms with Gasteiger partial charge in [-0.1, -0.05) is 48.5 Å². The van der Waals surface area contributed by atoms with E-state index in [0.717, 1.165) is 12.8 Å². The molecule has 0 aromatic heterocycles. The largest absolute Gasteiger partial charge is 0.317 e. The van der Waals surface area contributed by atoms with E-state index in [1.165, 1.54) is 22.3 Å². The SMILES string of the molecule is ONCC1Cc2ccccc2Cc2ccccc21. The fourth-order valence-corrected chi connectivity index (χ4v) is 2.90. The molecular weight excluding hydrogens is 222 g/mol. The van der Waals surface area contributed by atoms with Crippen LogP contribution in [0.5, 0.6) is 0 Å². The van der Waals surface area contributed by atoms with Crippen molar-refractivity contribution >= 4 is 0 Å². The van der Waals surface area contributed by atoms with E-state index in [9.17, 15) is 0 Å². The van der Waals surface area contributed by atoms with Crippen LogP contribution in [0.15, 0.2) is 48.5 Å². The summed E-state index contributed by atoms with van der Waals surface area (Å²) in [6.07, 6.45) is 1.98. The third kappa shape index (κ3) is 2.05. The topological polar surface area (TPSA) is 32.3 Å². The van der Waals surface area contributed by atoms with Crippen molar-refractivity contribution < 1.29 is 5.21 Å². The molecule has 3 rings (SSSR count). The van der Waals surface area contributed by atoms with Gasteiger partial charge in [-0.2, -0.15) is 0 Å². The molecule has 1 aliphatic rings. The van der Waals surface area contributed by atoms with E-state index in [4.69, 9.17) is 5.21 Å². The van der Waals surface area contributed by atoms with Crippen molar-refractivity contribution in [2.45, 2.75) is 18.8 Å². The zero-order valence-electron chi connectivity index (χ0n) is 10.3. The molecule has 0 heterocycles. The Balaban J connectivity index is 2.08. The predicted molar refractivity (Wildman–Crippen MR) is 71.9 cm³/mol. The summed E-state index contributed by atoms with van der Waals surface area (Å²) in [6, 6.07) is 17.2. The average Bonchev–Trinajstić information content (AvgIpc) is 2.56. The molecule has 0 spiro atoms. The van der Waals surface area contributed by atoms with Gasteiger partial charge in [0.2, 0.25) is 0 Å². The zero-order chi connectivity index (χ0) is 12.4. The first-order valence-electron chi connectivity index (χ1n) is 6.40. The van der Waals surface area contributed by atoms with Crippen molar-refractivity contribution in [1.82, 2.24) is 5.48 Å². The number of hydrogen-bond donors (Lipinski definition) is 2. The van der Waals surface area contributed by atoms with Crippen LogP contribution in [0, 0.1) is 0 Å². The number of benzene rings is 2. The second-order valence-corrected chi connectivity index (χ2v) is 4.91. The molecule has 2 aromatic rings. The molecule has 1 atom stereocenters. The highest BCUT2D eigenvalue weighted by molar-refractivity contribution is 5.42. The van der Waals surface area contributed by atoms with Gasteiger partial charge in [0.1, 0.15) is 0 Å². The summed E-state index contributed by atoms with van der Waals surface area (Å²) in [5.41, 5.74) is 7.88. The lowest BCUT2D eigenvalue weighted by atomic mass is 9.91. The van der Waals surface area contributed by atoms with Crippen LogP contribution in [0.1, 0.15) is 28.2 Å². The number of hydroxylamine groups is 1. The molecule has 1 unspecified atom stereocenters. The zero-order valence-corrected chi connectivity index (χ0v) is 10.3. The lowest BCUT2D eigenvalue weighted by Crippen LogP contribution is -2.19. The van der Waals surface area contributed by atoms with Gasteiger partial charge in [0.25, 0.3) is 0 Å². The van der Waals surface area contributed by atoms with Crippen molar-refractivity contribution in [2.24, 2.45) is 0 Å². The predicted octanol–water partition coefficient (Wildman–Crippen LogP) is 2.90. The normalized spacial score (nSPS) is 17.7. The summed E-state index contributed by atoms with van der Waals surface area (Å²) < 4.78 is 0. The molecule has 0 saturated carbocycles. The van der Waals surface area contributed by atoms with E-state index in [-0.39, 0.29) is 0 Å². The second-order valence-electron chi connectivity index (χ2n) is 4.91. The molecule has 2 aromatic carbocycles. The van der Waals surface area contributed by atoms with Crippen molar-refractivity contribution in [3.05, 3.63) is 70.8 Å². The van der Waals surface area contributed by atoms with Gasteiger partial charge in [-0.15, -0.1) is 0 Å². The Labute approximate surface area is 107 Å². The maximum Gasteiger partial charge on any atom is 0.0279 e. The summed E-state index contributed by atoms with van der Waals surface area (Å²) in [7, 11) is 0.